The third-order valence-electron chi connectivity index (χ3n) is 3.70. The molecule has 4 nitrogen and oxygen atoms in total. The van der Waals surface area contributed by atoms with Gasteiger partial charge in [-0.15, -0.1) is 0 Å². The summed E-state index contributed by atoms with van der Waals surface area (Å²) >= 11 is 0. The van der Waals surface area contributed by atoms with Gasteiger partial charge in [0.25, 0.3) is 0 Å². The Bertz CT molecular complexity index is 586. The van der Waals surface area contributed by atoms with Crippen LogP contribution < -0.4 is 5.32 Å². The lowest BCUT2D eigenvalue weighted by Crippen LogP contribution is -2.15. The molecule has 0 aliphatic carbocycles. The molecular weight excluding hydrogens is 260 g/mol. The molecule has 0 aliphatic heterocycles. The van der Waals surface area contributed by atoms with Gasteiger partial charge in [0.15, 0.2) is 5.82 Å². The lowest BCUT2D eigenvalue weighted by atomic mass is 10.2. The van der Waals surface area contributed by atoms with Gasteiger partial charge in [0.2, 0.25) is 0 Å². The van der Waals surface area contributed by atoms with Crippen molar-refractivity contribution in [1.29, 1.82) is 0 Å². The molecule has 0 saturated heterocycles. The molecule has 2 aromatic rings. The van der Waals surface area contributed by atoms with Crippen LogP contribution in [0.25, 0.3) is 5.82 Å². The van der Waals surface area contributed by atoms with Crippen LogP contribution in [0.5, 0.6) is 0 Å². The second-order valence-electron chi connectivity index (χ2n) is 5.34. The molecule has 1 N–H and O–H groups in total. The van der Waals surface area contributed by atoms with Crippen LogP contribution in [-0.4, -0.2) is 21.3 Å². The highest BCUT2D eigenvalue weighted by Crippen LogP contribution is 2.15. The molecule has 4 heteroatoms. The molecule has 114 valence electrons. The van der Waals surface area contributed by atoms with Gasteiger partial charge in [-0.05, 0) is 50.4 Å². The van der Waals surface area contributed by atoms with E-state index in [1.807, 2.05) is 4.68 Å². The van der Waals surface area contributed by atoms with Gasteiger partial charge in [0.1, 0.15) is 0 Å². The first kappa shape index (κ1) is 15.7. The maximum absolute atomic E-state index is 4.74. The molecule has 0 aliphatic rings. The Morgan fingerprint density at radius 1 is 1.14 bits per heavy atom. The van der Waals surface area contributed by atoms with Gasteiger partial charge in [-0.1, -0.05) is 26.8 Å². The SMILES string of the molecule is CCCNCc1ccc(-n2nc(CC)cc2CC)nc1C. The van der Waals surface area contributed by atoms with Gasteiger partial charge >= 0.3 is 0 Å². The van der Waals surface area contributed by atoms with Gasteiger partial charge in [0, 0.05) is 17.9 Å². The zero-order valence-corrected chi connectivity index (χ0v) is 13.6. The van der Waals surface area contributed by atoms with E-state index in [4.69, 9.17) is 4.98 Å². The Hall–Kier alpha value is -1.68. The largest absolute Gasteiger partial charge is 0.313 e. The first-order valence-electron chi connectivity index (χ1n) is 7.95. The summed E-state index contributed by atoms with van der Waals surface area (Å²) in [6.45, 7) is 10.5. The summed E-state index contributed by atoms with van der Waals surface area (Å²) in [5.74, 6) is 0.920. The summed E-state index contributed by atoms with van der Waals surface area (Å²) in [5.41, 5.74) is 4.68. The Labute approximate surface area is 127 Å². The van der Waals surface area contributed by atoms with Gasteiger partial charge in [-0.2, -0.15) is 5.10 Å². The number of nitrogens with one attached hydrogen (secondary N) is 1. The fraction of sp³-hybridized carbons (Fsp3) is 0.529. The summed E-state index contributed by atoms with van der Waals surface area (Å²) in [6, 6.07) is 6.41. The minimum Gasteiger partial charge on any atom is -0.313 e. The van der Waals surface area contributed by atoms with Crippen LogP contribution in [0, 0.1) is 6.92 Å². The predicted octanol–water partition coefficient (Wildman–Crippen LogP) is 3.20. The van der Waals surface area contributed by atoms with Gasteiger partial charge in [-0.25, -0.2) is 9.67 Å². The first-order valence-corrected chi connectivity index (χ1v) is 7.95. The van der Waals surface area contributed by atoms with Crippen LogP contribution in [0.4, 0.5) is 0 Å². The molecule has 2 aromatic heterocycles. The van der Waals surface area contributed by atoms with Crippen molar-refractivity contribution in [2.24, 2.45) is 0 Å². The maximum atomic E-state index is 4.74. The highest BCUT2D eigenvalue weighted by Gasteiger charge is 2.10. The molecule has 2 heterocycles. The average Bonchev–Trinajstić information content (AvgIpc) is 2.92. The fourth-order valence-corrected chi connectivity index (χ4v) is 2.38. The third kappa shape index (κ3) is 3.70. The van der Waals surface area contributed by atoms with Crippen LogP contribution in [-0.2, 0) is 19.4 Å². The second kappa shape index (κ2) is 7.36. The standard InChI is InChI=1S/C17H26N4/c1-5-10-18-12-14-8-9-17(19-13(14)4)21-16(7-3)11-15(6-2)20-21/h8-9,11,18H,5-7,10,12H2,1-4H3. The summed E-state index contributed by atoms with van der Waals surface area (Å²) in [5, 5.41) is 8.08. The minimum absolute atomic E-state index is 0.882. The summed E-state index contributed by atoms with van der Waals surface area (Å²) in [7, 11) is 0. The number of aryl methyl sites for hydroxylation is 3. The molecule has 0 unspecified atom stereocenters. The number of nitrogens with zero attached hydrogens (tertiary/aromatic N) is 3. The van der Waals surface area contributed by atoms with Crippen molar-refractivity contribution in [3.8, 4) is 5.82 Å². The molecule has 2 rings (SSSR count). The van der Waals surface area contributed by atoms with Crippen LogP contribution in [0.3, 0.4) is 0 Å². The molecular formula is C17H26N4. The molecule has 0 amide bonds. The van der Waals surface area contributed by atoms with Gasteiger partial charge < -0.3 is 5.32 Å². The average molecular weight is 286 g/mol. The van der Waals surface area contributed by atoms with E-state index in [9.17, 15) is 0 Å². The Balaban J connectivity index is 2.25. The molecule has 0 fully saturated rings. The van der Waals surface area contributed by atoms with E-state index in [1.165, 1.54) is 11.3 Å². The summed E-state index contributed by atoms with van der Waals surface area (Å²) in [4.78, 5) is 4.74. The molecule has 0 spiro atoms. The Morgan fingerprint density at radius 2 is 1.95 bits per heavy atom. The second-order valence-corrected chi connectivity index (χ2v) is 5.34. The van der Waals surface area contributed by atoms with E-state index < -0.39 is 0 Å². The van der Waals surface area contributed by atoms with Crippen LogP contribution in [0.1, 0.15) is 49.8 Å². The molecule has 0 aromatic carbocycles. The van der Waals surface area contributed by atoms with Crippen molar-refractivity contribution < 1.29 is 0 Å². The smallest absolute Gasteiger partial charge is 0.153 e. The number of rotatable bonds is 7. The quantitative estimate of drug-likeness (QED) is 0.795. The van der Waals surface area contributed by atoms with Crippen molar-refractivity contribution in [3.05, 3.63) is 40.8 Å². The fourth-order valence-electron chi connectivity index (χ4n) is 2.38. The first-order chi connectivity index (χ1) is 10.2. The lowest BCUT2D eigenvalue weighted by molar-refractivity contribution is 0.669. The maximum Gasteiger partial charge on any atom is 0.153 e. The summed E-state index contributed by atoms with van der Waals surface area (Å²) in [6.07, 6.45) is 3.07. The lowest BCUT2D eigenvalue weighted by Gasteiger charge is -2.10. The van der Waals surface area contributed by atoms with Crippen molar-refractivity contribution in [2.75, 3.05) is 6.54 Å². The predicted molar refractivity (Wildman–Crippen MR) is 86.8 cm³/mol. The highest BCUT2D eigenvalue weighted by molar-refractivity contribution is 5.32. The van der Waals surface area contributed by atoms with E-state index in [0.717, 1.165) is 49.6 Å². The minimum atomic E-state index is 0.882. The van der Waals surface area contributed by atoms with E-state index in [-0.39, 0.29) is 0 Å². The van der Waals surface area contributed by atoms with Crippen molar-refractivity contribution in [2.45, 2.75) is 53.5 Å². The molecule has 21 heavy (non-hydrogen) atoms. The molecule has 0 radical (unpaired) electrons. The van der Waals surface area contributed by atoms with E-state index in [2.05, 4.69) is 56.3 Å². The molecule has 0 bridgehead atoms. The number of hydrogen-bond acceptors (Lipinski definition) is 3. The van der Waals surface area contributed by atoms with E-state index >= 15 is 0 Å². The van der Waals surface area contributed by atoms with Crippen molar-refractivity contribution in [1.82, 2.24) is 20.1 Å². The highest BCUT2D eigenvalue weighted by atomic mass is 15.3. The van der Waals surface area contributed by atoms with Crippen LogP contribution in [0.2, 0.25) is 0 Å². The normalized spacial score (nSPS) is 11.0. The number of hydrogen-bond donors (Lipinski definition) is 1. The Morgan fingerprint density at radius 3 is 2.57 bits per heavy atom. The number of pyridine rings is 1. The third-order valence-corrected chi connectivity index (χ3v) is 3.70. The van der Waals surface area contributed by atoms with Crippen LogP contribution in [0.15, 0.2) is 18.2 Å². The van der Waals surface area contributed by atoms with Crippen molar-refractivity contribution in [3.63, 3.8) is 0 Å². The van der Waals surface area contributed by atoms with E-state index in [1.54, 1.807) is 0 Å². The number of aromatic nitrogens is 3. The van der Waals surface area contributed by atoms with E-state index in [0.29, 0.717) is 0 Å². The Kier molecular flexibility index (Phi) is 5.51. The zero-order chi connectivity index (χ0) is 15.2. The van der Waals surface area contributed by atoms with Gasteiger partial charge in [-0.3, -0.25) is 0 Å². The monoisotopic (exact) mass is 286 g/mol. The molecule has 0 saturated carbocycles. The van der Waals surface area contributed by atoms with Gasteiger partial charge in [0.05, 0.1) is 5.69 Å². The molecule has 0 atom stereocenters. The van der Waals surface area contributed by atoms with Crippen molar-refractivity contribution >= 4 is 0 Å². The topological polar surface area (TPSA) is 42.7 Å². The van der Waals surface area contributed by atoms with Crippen LogP contribution >= 0.6 is 0 Å². The summed E-state index contributed by atoms with van der Waals surface area (Å²) < 4.78 is 1.98. The zero-order valence-electron chi connectivity index (χ0n) is 13.6.